The topological polar surface area (TPSA) is 80.8 Å². The summed E-state index contributed by atoms with van der Waals surface area (Å²) < 4.78 is 10.9. The lowest BCUT2D eigenvalue weighted by Gasteiger charge is -2.24. The van der Waals surface area contributed by atoms with Crippen molar-refractivity contribution in [1.29, 1.82) is 0 Å². The molecule has 7 nitrogen and oxygen atoms in total. The van der Waals surface area contributed by atoms with Gasteiger partial charge in [-0.25, -0.2) is 4.79 Å². The van der Waals surface area contributed by atoms with Gasteiger partial charge in [-0.3, -0.25) is 0 Å². The Kier molecular flexibility index (Phi) is 9.25. The molecule has 1 saturated heterocycles. The van der Waals surface area contributed by atoms with Crippen molar-refractivity contribution in [3.8, 4) is 11.5 Å². The molecule has 7 heteroatoms. The monoisotopic (exact) mass is 468 g/mol. The third kappa shape index (κ3) is 7.67. The van der Waals surface area contributed by atoms with Gasteiger partial charge in [0, 0.05) is 12.1 Å². The molecular weight excluding hydrogens is 428 g/mol. The highest BCUT2D eigenvalue weighted by molar-refractivity contribution is 5.90. The standard InChI is InChI=1S/C27H40N4O3/c1-6-7-8-9-10-11-13-21-15-17-22(18-16-21)25-29-24(30-34-25)23-14-12-19-31(23)20(2)28-26(32)33-27(3,4)5/h15-18,23H,6-14,19H2,1-5H3/t23-/m0/s1. The van der Waals surface area contributed by atoms with Crippen LogP contribution in [-0.2, 0) is 11.2 Å². The lowest BCUT2D eigenvalue weighted by molar-refractivity contribution is 0.0601. The number of ether oxygens (including phenoxy) is 1. The number of rotatable bonds is 9. The number of aromatic nitrogens is 2. The Morgan fingerprint density at radius 3 is 2.56 bits per heavy atom. The van der Waals surface area contributed by atoms with Gasteiger partial charge in [0.1, 0.15) is 11.4 Å². The van der Waals surface area contributed by atoms with Crippen molar-refractivity contribution in [2.24, 2.45) is 4.99 Å². The largest absolute Gasteiger partial charge is 0.442 e. The van der Waals surface area contributed by atoms with Crippen LogP contribution >= 0.6 is 0 Å². The number of nitrogens with zero attached hydrogens (tertiary/aromatic N) is 4. The molecule has 3 rings (SSSR count). The number of carbonyl (C=O) groups is 1. The number of unbranched alkanes of at least 4 members (excludes halogenated alkanes) is 5. The van der Waals surface area contributed by atoms with Gasteiger partial charge in [-0.2, -0.15) is 9.98 Å². The van der Waals surface area contributed by atoms with Gasteiger partial charge in [-0.05, 0) is 71.1 Å². The van der Waals surface area contributed by atoms with Gasteiger partial charge < -0.3 is 14.2 Å². The van der Waals surface area contributed by atoms with E-state index in [4.69, 9.17) is 9.26 Å². The molecule has 1 aromatic heterocycles. The molecule has 1 aliphatic heterocycles. The zero-order valence-corrected chi connectivity index (χ0v) is 21.5. The average molecular weight is 469 g/mol. The third-order valence-electron chi connectivity index (χ3n) is 6.07. The average Bonchev–Trinajstić information content (AvgIpc) is 3.45. The summed E-state index contributed by atoms with van der Waals surface area (Å²) in [5, 5.41) is 4.25. The van der Waals surface area contributed by atoms with Gasteiger partial charge in [-0.15, -0.1) is 0 Å². The van der Waals surface area contributed by atoms with Crippen molar-refractivity contribution in [2.75, 3.05) is 6.54 Å². The highest BCUT2D eigenvalue weighted by Crippen LogP contribution is 2.32. The van der Waals surface area contributed by atoms with Crippen LogP contribution < -0.4 is 0 Å². The van der Waals surface area contributed by atoms with Crippen molar-refractivity contribution in [3.05, 3.63) is 35.7 Å². The lowest BCUT2D eigenvalue weighted by atomic mass is 10.0. The second kappa shape index (κ2) is 12.1. The first-order chi connectivity index (χ1) is 16.3. The number of aryl methyl sites for hydroxylation is 1. The SMILES string of the molecule is CCCCCCCCc1ccc(-c2nc([C@@H]3CCCN3C(C)=NC(=O)OC(C)(C)C)no2)cc1. The number of aliphatic imine (C=N–C) groups is 1. The first kappa shape index (κ1) is 25.9. The molecule has 1 fully saturated rings. The minimum Gasteiger partial charge on any atom is -0.442 e. The highest BCUT2D eigenvalue weighted by Gasteiger charge is 2.31. The fourth-order valence-corrected chi connectivity index (χ4v) is 4.31. The molecule has 1 aliphatic rings. The quantitative estimate of drug-likeness (QED) is 0.221. The van der Waals surface area contributed by atoms with E-state index >= 15 is 0 Å². The Morgan fingerprint density at radius 2 is 1.85 bits per heavy atom. The van der Waals surface area contributed by atoms with Crippen LogP contribution in [0.5, 0.6) is 0 Å². The number of likely N-dealkylation sites (tertiary alicyclic amines) is 1. The molecule has 0 spiro atoms. The van der Waals surface area contributed by atoms with E-state index in [0.717, 1.165) is 31.4 Å². The summed E-state index contributed by atoms with van der Waals surface area (Å²) in [6.07, 6.45) is 10.2. The van der Waals surface area contributed by atoms with Gasteiger partial charge in [0.05, 0.1) is 6.04 Å². The van der Waals surface area contributed by atoms with E-state index in [1.54, 1.807) is 0 Å². The van der Waals surface area contributed by atoms with Crippen LogP contribution in [0.3, 0.4) is 0 Å². The molecule has 2 aromatic rings. The maximum atomic E-state index is 12.1. The van der Waals surface area contributed by atoms with E-state index in [0.29, 0.717) is 17.6 Å². The van der Waals surface area contributed by atoms with Crippen molar-refractivity contribution in [2.45, 2.75) is 104 Å². The smallest absolute Gasteiger partial charge is 0.435 e. The van der Waals surface area contributed by atoms with E-state index in [1.807, 2.05) is 27.7 Å². The molecule has 34 heavy (non-hydrogen) atoms. The highest BCUT2D eigenvalue weighted by atomic mass is 16.6. The van der Waals surface area contributed by atoms with E-state index in [-0.39, 0.29) is 6.04 Å². The summed E-state index contributed by atoms with van der Waals surface area (Å²) in [5.74, 6) is 1.76. The zero-order valence-electron chi connectivity index (χ0n) is 21.5. The molecule has 1 aromatic carbocycles. The zero-order chi connectivity index (χ0) is 24.6. The molecular formula is C27H40N4O3. The molecule has 0 saturated carbocycles. The van der Waals surface area contributed by atoms with Gasteiger partial charge in [-0.1, -0.05) is 56.3 Å². The summed E-state index contributed by atoms with van der Waals surface area (Å²) in [5.41, 5.74) is 1.70. The second-order valence-corrected chi connectivity index (χ2v) is 10.2. The normalized spacial score (nSPS) is 16.8. The Labute approximate surface area is 204 Å². The number of carbonyl (C=O) groups excluding carboxylic acids is 1. The molecule has 2 heterocycles. The number of amidine groups is 1. The predicted octanol–water partition coefficient (Wildman–Crippen LogP) is 7.13. The van der Waals surface area contributed by atoms with Crippen LogP contribution in [0.25, 0.3) is 11.5 Å². The Morgan fingerprint density at radius 1 is 1.15 bits per heavy atom. The van der Waals surface area contributed by atoms with Crippen LogP contribution in [0.1, 0.15) is 103 Å². The summed E-state index contributed by atoms with van der Waals surface area (Å²) in [6.45, 7) is 10.4. The third-order valence-corrected chi connectivity index (χ3v) is 6.07. The first-order valence-electron chi connectivity index (χ1n) is 12.7. The van der Waals surface area contributed by atoms with Crippen LogP contribution in [0.15, 0.2) is 33.8 Å². The molecule has 0 aliphatic carbocycles. The van der Waals surface area contributed by atoms with Gasteiger partial charge in [0.2, 0.25) is 0 Å². The minimum absolute atomic E-state index is 0.0596. The van der Waals surface area contributed by atoms with Crippen LogP contribution in [0, 0.1) is 0 Å². The summed E-state index contributed by atoms with van der Waals surface area (Å²) in [4.78, 5) is 23.0. The fraction of sp³-hybridized carbons (Fsp3) is 0.630. The van der Waals surface area contributed by atoms with E-state index in [2.05, 4.69) is 51.2 Å². The van der Waals surface area contributed by atoms with Gasteiger partial charge >= 0.3 is 6.09 Å². The first-order valence-corrected chi connectivity index (χ1v) is 12.7. The fourth-order valence-electron chi connectivity index (χ4n) is 4.31. The maximum Gasteiger partial charge on any atom is 0.435 e. The number of hydrogen-bond donors (Lipinski definition) is 0. The van der Waals surface area contributed by atoms with Crippen LogP contribution in [0.4, 0.5) is 4.79 Å². The lowest BCUT2D eigenvalue weighted by Crippen LogP contribution is -2.31. The van der Waals surface area contributed by atoms with Crippen LogP contribution in [0.2, 0.25) is 0 Å². The number of hydrogen-bond acceptors (Lipinski definition) is 5. The Hall–Kier alpha value is -2.70. The summed E-state index contributed by atoms with van der Waals surface area (Å²) in [7, 11) is 0. The molecule has 186 valence electrons. The van der Waals surface area contributed by atoms with Crippen molar-refractivity contribution < 1.29 is 14.1 Å². The van der Waals surface area contributed by atoms with E-state index in [9.17, 15) is 4.79 Å². The van der Waals surface area contributed by atoms with E-state index < -0.39 is 11.7 Å². The molecule has 0 unspecified atom stereocenters. The number of benzene rings is 1. The maximum absolute atomic E-state index is 12.1. The molecule has 1 amide bonds. The summed E-state index contributed by atoms with van der Waals surface area (Å²) in [6, 6.07) is 8.38. The van der Waals surface area contributed by atoms with Gasteiger partial charge in [0.25, 0.3) is 5.89 Å². The Balaban J connectivity index is 1.59. The minimum atomic E-state index is -0.578. The molecule has 0 N–H and O–H groups in total. The molecule has 1 atom stereocenters. The molecule has 0 bridgehead atoms. The number of amides is 1. The predicted molar refractivity (Wildman–Crippen MR) is 135 cm³/mol. The van der Waals surface area contributed by atoms with Crippen LogP contribution in [-0.4, -0.2) is 39.1 Å². The summed E-state index contributed by atoms with van der Waals surface area (Å²) >= 11 is 0. The van der Waals surface area contributed by atoms with Crippen molar-refractivity contribution in [1.82, 2.24) is 15.0 Å². The van der Waals surface area contributed by atoms with Gasteiger partial charge in [0.15, 0.2) is 5.82 Å². The second-order valence-electron chi connectivity index (χ2n) is 10.2. The Bertz CT molecular complexity index is 944. The van der Waals surface area contributed by atoms with E-state index in [1.165, 1.54) is 44.1 Å². The van der Waals surface area contributed by atoms with Crippen molar-refractivity contribution >= 4 is 11.9 Å². The van der Waals surface area contributed by atoms with Crippen molar-refractivity contribution in [3.63, 3.8) is 0 Å². The molecule has 0 radical (unpaired) electrons.